The Kier molecular flexibility index (Phi) is 80.0. The molecule has 0 spiro atoms. The van der Waals surface area contributed by atoms with Gasteiger partial charge in [-0.15, -0.1) is 0 Å². The van der Waals surface area contributed by atoms with Crippen LogP contribution in [0, 0.1) is 54.7 Å². The number of amides is 1. The summed E-state index contributed by atoms with van der Waals surface area (Å²) in [5, 5.41) is 2.53. The summed E-state index contributed by atoms with van der Waals surface area (Å²) in [7, 11) is -3.23. The molecule has 0 unspecified atom stereocenters. The summed E-state index contributed by atoms with van der Waals surface area (Å²) < 4.78 is 22.8. The SMILES string of the molecule is C/C=C/C(=O)CCC(=O)C(C)(C)C.C/C=C/C(=O)CCC(=O)CCC(=O)C(C)(C)C.C=C(C)C(=O)CCC(=O)C(C)(C)C.C=C(C)C(=O)CCC(=O)CCC(=O)C(C)(C)C.C=CC(=O)CCC(=O)C(C)(C)C.CC(C)(C)C(=O)CCC(=O)/C=C/C1CC1.CC(C)=CC(=O)C(C)(C)C.CC(C)=CC(=O)CCC(=O)C(C)(C)C.CC(C)=CC(=O)CCC(=O)NCCS(=O)(=O)C(C)(C)C.CC/C=C/C(=O)CCC(=O)C(C)(C)C. The second-order valence-corrected chi connectivity index (χ2v) is 50.3. The van der Waals surface area contributed by atoms with Crippen molar-refractivity contribution in [1.29, 1.82) is 0 Å². The van der Waals surface area contributed by atoms with Gasteiger partial charge in [-0.2, -0.15) is 0 Å². The number of ketones is 20. The van der Waals surface area contributed by atoms with Gasteiger partial charge in [-0.1, -0.05) is 255 Å². The van der Waals surface area contributed by atoms with Gasteiger partial charge >= 0.3 is 0 Å². The molecule has 24 nitrogen and oxygen atoms in total. The maximum absolute atomic E-state index is 11.8. The van der Waals surface area contributed by atoms with Gasteiger partial charge in [0, 0.05) is 197 Å². The lowest BCUT2D eigenvalue weighted by molar-refractivity contribution is -0.129. The van der Waals surface area contributed by atoms with Crippen LogP contribution in [0.15, 0.2) is 121 Å². The first-order valence-corrected chi connectivity index (χ1v) is 52.4. The summed E-state index contributed by atoms with van der Waals surface area (Å²) in [5.74, 6) is 1.32. The van der Waals surface area contributed by atoms with Crippen molar-refractivity contribution in [2.75, 3.05) is 12.3 Å². The monoisotopic (exact) mass is 2050 g/mol. The van der Waals surface area contributed by atoms with E-state index in [1.807, 2.05) is 248 Å². The Morgan fingerprint density at radius 2 is 0.531 bits per heavy atom. The number of nitrogens with one attached hydrogen (secondary N) is 1. The third-order valence-electron chi connectivity index (χ3n) is 20.7. The molecule has 1 aliphatic carbocycles. The topological polar surface area (TPSA) is 405 Å². The minimum absolute atomic E-state index is 0.0135. The molecule has 1 rings (SSSR count). The van der Waals surface area contributed by atoms with E-state index in [1.165, 1.54) is 37.1 Å². The fourth-order valence-electron chi connectivity index (χ4n) is 9.92. The first kappa shape index (κ1) is 153. The Bertz CT molecular complexity index is 4610. The Morgan fingerprint density at radius 3 is 0.772 bits per heavy atom. The van der Waals surface area contributed by atoms with Crippen molar-refractivity contribution >= 4 is 131 Å². The Hall–Kier alpha value is -9.78. The van der Waals surface area contributed by atoms with Crippen LogP contribution in [-0.4, -0.2) is 147 Å². The van der Waals surface area contributed by atoms with E-state index in [2.05, 4.69) is 25.1 Å². The third kappa shape index (κ3) is 97.4. The van der Waals surface area contributed by atoms with Crippen LogP contribution in [0.2, 0.25) is 0 Å². The minimum atomic E-state index is -3.23. The van der Waals surface area contributed by atoms with Gasteiger partial charge < -0.3 is 5.32 Å². The molecular formula is C120H197NO23S. The second-order valence-electron chi connectivity index (χ2n) is 47.4. The van der Waals surface area contributed by atoms with E-state index in [-0.39, 0.29) is 241 Å². The molecule has 0 aromatic carbocycles. The number of hydrogen-bond donors (Lipinski definition) is 1. The van der Waals surface area contributed by atoms with E-state index in [1.54, 1.807) is 84.9 Å². The molecule has 0 heterocycles. The summed E-state index contributed by atoms with van der Waals surface area (Å²) in [6.45, 7) is 86.0. The van der Waals surface area contributed by atoms with Crippen LogP contribution in [0.1, 0.15) is 444 Å². The average molecular weight is 2050 g/mol. The molecule has 1 amide bonds. The van der Waals surface area contributed by atoms with Crippen molar-refractivity contribution < 1.29 is 109 Å². The Morgan fingerprint density at radius 1 is 0.297 bits per heavy atom. The van der Waals surface area contributed by atoms with Crippen LogP contribution < -0.4 is 5.32 Å². The zero-order valence-electron chi connectivity index (χ0n) is 98.0. The third-order valence-corrected chi connectivity index (χ3v) is 23.3. The molecule has 1 fully saturated rings. The smallest absolute Gasteiger partial charge is 0.220 e. The summed E-state index contributed by atoms with van der Waals surface area (Å²) >= 11 is 0. The van der Waals surface area contributed by atoms with E-state index in [4.69, 9.17) is 0 Å². The van der Waals surface area contributed by atoms with Crippen LogP contribution >= 0.6 is 0 Å². The lowest BCUT2D eigenvalue weighted by atomic mass is 9.87. The molecule has 1 aliphatic rings. The fraction of sp³-hybridized carbons (Fsp3) is 0.658. The van der Waals surface area contributed by atoms with Gasteiger partial charge in [0.25, 0.3) is 0 Å². The van der Waals surface area contributed by atoms with Gasteiger partial charge in [-0.25, -0.2) is 8.42 Å². The van der Waals surface area contributed by atoms with Gasteiger partial charge in [0.15, 0.2) is 67.7 Å². The molecule has 0 saturated heterocycles. The maximum atomic E-state index is 11.8. The molecular weight excluding hydrogens is 1860 g/mol. The first-order chi connectivity index (χ1) is 65.2. The summed E-state index contributed by atoms with van der Waals surface area (Å²) in [6.07, 6.45) is 28.9. The van der Waals surface area contributed by atoms with Gasteiger partial charge in [-0.3, -0.25) is 101 Å². The highest BCUT2D eigenvalue weighted by molar-refractivity contribution is 7.92. The molecule has 0 aromatic rings. The van der Waals surface area contributed by atoms with Gasteiger partial charge in [0.2, 0.25) is 5.91 Å². The predicted molar refractivity (Wildman–Crippen MR) is 592 cm³/mol. The highest BCUT2D eigenvalue weighted by atomic mass is 32.2. The van der Waals surface area contributed by atoms with Crippen LogP contribution in [0.5, 0.6) is 0 Å². The number of carbonyl (C=O) groups excluding carboxylic acids is 21. The molecule has 0 aromatic heterocycles. The zero-order chi connectivity index (χ0) is 116. The number of rotatable bonds is 48. The zero-order valence-corrected chi connectivity index (χ0v) is 98.8. The van der Waals surface area contributed by atoms with Crippen molar-refractivity contribution in [3.8, 4) is 0 Å². The van der Waals surface area contributed by atoms with Crippen molar-refractivity contribution in [3.05, 3.63) is 121 Å². The normalized spacial score (nSPS) is 12.0. The van der Waals surface area contributed by atoms with Crippen LogP contribution in [0.25, 0.3) is 0 Å². The highest BCUT2D eigenvalue weighted by Crippen LogP contribution is 2.31. The second kappa shape index (κ2) is 75.8. The molecule has 826 valence electrons. The molecule has 1 saturated carbocycles. The van der Waals surface area contributed by atoms with Crippen LogP contribution in [0.4, 0.5) is 0 Å². The molecule has 0 atom stereocenters. The Labute approximate surface area is 877 Å². The van der Waals surface area contributed by atoms with Crippen molar-refractivity contribution in [2.24, 2.45) is 54.7 Å². The van der Waals surface area contributed by atoms with Gasteiger partial charge in [-0.05, 0) is 175 Å². The van der Waals surface area contributed by atoms with E-state index in [9.17, 15) is 109 Å². The van der Waals surface area contributed by atoms with E-state index in [0.717, 1.165) is 23.1 Å². The standard InChI is InChI=1S/C14H25NO4S.2C14H22O3.C13H20O2.2C12H20O2.2C11H18O2.C10H16O2.C9H16O/c1-11(2)10-12(16)6-7-13(17)15-8-9-20(18,19)14(3,4)5;1-10(2)12(16)8-6-11(15)7-9-13(17)14(3,4)5;1-5-6-11(15)7-8-12(16)9-10-13(17)14(2,3)4;1-13(2,3)12(15)9-8-11(14)7-6-10-4-5-10;1-9(2)8-10(13)6-7-11(14)12(3,4)5;1-5-6-7-10(13)8-9-11(14)12(2,3)4;1-8(2)9(12)6-7-10(13)11(3,4)5;1-5-6-9(12)7-8-10(13)11(2,3)4;1-5-8(11)6-7-9(12)10(2,3)4;1-7(2)6-8(10)9(3,4)5/h10H,6-9H2,1-5H3,(H,15,17);1,6-9H2,2-5H3;5-6H,7-10H2,1-4H3;6-7,10H,4-5,8-9H2,1-3H3;8H,6-7H2,1-5H3;6-7H,5,8-9H2,1-4H3;1,6-7H2,2-5H3;5-6H,7-8H2,1-4H3;5H,1,6-7H2,2-4H3;6H,1-5H3/b;;6-5+;7-6+;;7-6+;;6-5+;;. The lowest BCUT2D eigenvalue weighted by Crippen LogP contribution is -2.36. The highest BCUT2D eigenvalue weighted by Gasteiger charge is 2.31. The number of Topliss-reactive ketones (excluding diaryl/α,β-unsaturated/α-hetero) is 12. The molecule has 25 heteroatoms. The van der Waals surface area contributed by atoms with Crippen molar-refractivity contribution in [3.63, 3.8) is 0 Å². The summed E-state index contributed by atoms with van der Waals surface area (Å²) in [5.41, 5.74) is 0.981. The molecule has 145 heavy (non-hydrogen) atoms. The number of hydrogen-bond acceptors (Lipinski definition) is 23. The minimum Gasteiger partial charge on any atom is -0.355 e. The fourth-order valence-corrected chi connectivity index (χ4v) is 10.9. The van der Waals surface area contributed by atoms with Crippen LogP contribution in [-0.2, 0) is 111 Å². The number of carbonyl (C=O) groups is 21. The molecule has 1 N–H and O–H groups in total. The lowest BCUT2D eigenvalue weighted by Gasteiger charge is -2.19. The van der Waals surface area contributed by atoms with E-state index in [0.29, 0.717) is 94.1 Å². The summed E-state index contributed by atoms with van der Waals surface area (Å²) in [4.78, 5) is 238. The first-order valence-electron chi connectivity index (χ1n) is 50.8. The van der Waals surface area contributed by atoms with E-state index < -0.39 is 20.0 Å². The molecule has 0 radical (unpaired) electrons. The summed E-state index contributed by atoms with van der Waals surface area (Å²) in [6, 6.07) is 0. The van der Waals surface area contributed by atoms with Crippen molar-refractivity contribution in [2.45, 2.75) is 449 Å². The number of allylic oxidation sites excluding steroid dienone is 17. The van der Waals surface area contributed by atoms with E-state index >= 15 is 0 Å². The predicted octanol–water partition coefficient (Wildman–Crippen LogP) is 25.9. The maximum Gasteiger partial charge on any atom is 0.220 e. The molecule has 0 bridgehead atoms. The average Bonchev–Trinajstić information content (AvgIpc) is 1.75. The largest absolute Gasteiger partial charge is 0.355 e. The quantitative estimate of drug-likeness (QED) is 0.0553. The number of sulfone groups is 1. The van der Waals surface area contributed by atoms with Crippen LogP contribution in [0.3, 0.4) is 0 Å². The van der Waals surface area contributed by atoms with Gasteiger partial charge in [0.1, 0.15) is 57.8 Å². The van der Waals surface area contributed by atoms with Crippen molar-refractivity contribution in [1.82, 2.24) is 5.32 Å². The Balaban J connectivity index is -0.000000203. The van der Waals surface area contributed by atoms with Gasteiger partial charge in [0.05, 0.1) is 10.5 Å². The molecule has 0 aliphatic heterocycles.